The first-order chi connectivity index (χ1) is 7.08. The lowest BCUT2D eigenvalue weighted by Gasteiger charge is -2.13. The maximum Gasteiger partial charge on any atom is 0.414 e. The third-order valence-corrected chi connectivity index (χ3v) is 2.92. The number of anilines is 1. The molecule has 1 aliphatic rings. The summed E-state index contributed by atoms with van der Waals surface area (Å²) in [5.41, 5.74) is 0.707. The van der Waals surface area contributed by atoms with Crippen LogP contribution in [0.2, 0.25) is 10.0 Å². The molecule has 0 spiro atoms. The predicted octanol–water partition coefficient (Wildman–Crippen LogP) is 3.34. The van der Waals surface area contributed by atoms with Crippen molar-refractivity contribution in [1.82, 2.24) is 0 Å². The van der Waals surface area contributed by atoms with Crippen LogP contribution in [0.4, 0.5) is 10.5 Å². The van der Waals surface area contributed by atoms with E-state index in [-0.39, 0.29) is 12.2 Å². The molecular formula is C10H9Cl2NO2. The summed E-state index contributed by atoms with van der Waals surface area (Å²) < 4.78 is 5.01. The fourth-order valence-electron chi connectivity index (χ4n) is 1.47. The van der Waals surface area contributed by atoms with Crippen LogP contribution in [0.3, 0.4) is 0 Å². The Hall–Kier alpha value is -0.930. The first-order valence-corrected chi connectivity index (χ1v) is 5.26. The van der Waals surface area contributed by atoms with Gasteiger partial charge >= 0.3 is 6.09 Å². The number of carbonyl (C=O) groups is 1. The molecule has 3 nitrogen and oxygen atoms in total. The van der Waals surface area contributed by atoms with Crippen LogP contribution in [0.25, 0.3) is 0 Å². The highest BCUT2D eigenvalue weighted by atomic mass is 35.5. The highest BCUT2D eigenvalue weighted by Crippen LogP contribution is 2.29. The molecule has 1 amide bonds. The van der Waals surface area contributed by atoms with Gasteiger partial charge in [0.1, 0.15) is 6.10 Å². The van der Waals surface area contributed by atoms with E-state index in [1.54, 1.807) is 18.2 Å². The average Bonchev–Trinajstić information content (AvgIpc) is 2.50. The summed E-state index contributed by atoms with van der Waals surface area (Å²) in [6, 6.07) is 5.06. The second-order valence-electron chi connectivity index (χ2n) is 3.40. The molecule has 1 heterocycles. The van der Waals surface area contributed by atoms with Crippen molar-refractivity contribution in [3.63, 3.8) is 0 Å². The smallest absolute Gasteiger partial charge is 0.414 e. The molecule has 1 saturated heterocycles. The zero-order valence-electron chi connectivity index (χ0n) is 8.04. The standard InChI is InChI=1S/C10H9Cl2NO2/c1-6-5-13(10(14)15-6)7-2-3-8(11)9(12)4-7/h2-4,6H,5H2,1H3/t6-/m0/s1. The second-order valence-corrected chi connectivity index (χ2v) is 4.22. The first-order valence-electron chi connectivity index (χ1n) is 4.51. The van der Waals surface area contributed by atoms with Gasteiger partial charge in [-0.15, -0.1) is 0 Å². The number of nitrogens with zero attached hydrogens (tertiary/aromatic N) is 1. The summed E-state index contributed by atoms with van der Waals surface area (Å²) in [4.78, 5) is 12.9. The number of hydrogen-bond donors (Lipinski definition) is 0. The Morgan fingerprint density at radius 1 is 1.40 bits per heavy atom. The van der Waals surface area contributed by atoms with E-state index >= 15 is 0 Å². The van der Waals surface area contributed by atoms with Gasteiger partial charge in [0.15, 0.2) is 0 Å². The number of carbonyl (C=O) groups excluding carboxylic acids is 1. The summed E-state index contributed by atoms with van der Waals surface area (Å²) >= 11 is 11.7. The van der Waals surface area contributed by atoms with Gasteiger partial charge in [-0.2, -0.15) is 0 Å². The monoisotopic (exact) mass is 245 g/mol. The van der Waals surface area contributed by atoms with Crippen LogP contribution in [0, 0.1) is 0 Å². The topological polar surface area (TPSA) is 29.5 Å². The maximum absolute atomic E-state index is 11.4. The summed E-state index contributed by atoms with van der Waals surface area (Å²) in [5.74, 6) is 0. The van der Waals surface area contributed by atoms with E-state index in [2.05, 4.69) is 0 Å². The predicted molar refractivity (Wildman–Crippen MR) is 59.8 cm³/mol. The zero-order chi connectivity index (χ0) is 11.0. The van der Waals surface area contributed by atoms with Gasteiger partial charge in [-0.3, -0.25) is 4.90 Å². The van der Waals surface area contributed by atoms with Gasteiger partial charge in [0, 0.05) is 5.69 Å². The molecule has 0 aromatic heterocycles. The molecule has 1 fully saturated rings. The van der Waals surface area contributed by atoms with Crippen molar-refractivity contribution in [2.24, 2.45) is 0 Å². The van der Waals surface area contributed by atoms with Gasteiger partial charge in [0.25, 0.3) is 0 Å². The fourth-order valence-corrected chi connectivity index (χ4v) is 1.76. The molecule has 0 saturated carbocycles. The summed E-state index contributed by atoms with van der Waals surface area (Å²) in [7, 11) is 0. The highest BCUT2D eigenvalue weighted by molar-refractivity contribution is 6.42. The molecule has 0 bridgehead atoms. The number of benzene rings is 1. The van der Waals surface area contributed by atoms with Gasteiger partial charge in [0.2, 0.25) is 0 Å². The molecule has 1 aromatic rings. The van der Waals surface area contributed by atoms with Crippen LogP contribution in [0.5, 0.6) is 0 Å². The van der Waals surface area contributed by atoms with Crippen molar-refractivity contribution in [1.29, 1.82) is 0 Å². The Labute approximate surface area is 97.5 Å². The molecule has 0 radical (unpaired) electrons. The van der Waals surface area contributed by atoms with Crippen molar-refractivity contribution < 1.29 is 9.53 Å². The van der Waals surface area contributed by atoms with Crippen molar-refractivity contribution in [3.8, 4) is 0 Å². The minimum Gasteiger partial charge on any atom is -0.444 e. The van der Waals surface area contributed by atoms with E-state index < -0.39 is 0 Å². The minimum atomic E-state index is -0.346. The van der Waals surface area contributed by atoms with Crippen LogP contribution >= 0.6 is 23.2 Å². The number of hydrogen-bond acceptors (Lipinski definition) is 2. The van der Waals surface area contributed by atoms with Gasteiger partial charge < -0.3 is 4.74 Å². The minimum absolute atomic E-state index is 0.0908. The number of rotatable bonds is 1. The van der Waals surface area contributed by atoms with Crippen LogP contribution < -0.4 is 4.90 Å². The quantitative estimate of drug-likeness (QED) is 0.760. The number of ether oxygens (including phenoxy) is 1. The average molecular weight is 246 g/mol. The Morgan fingerprint density at radius 2 is 2.13 bits per heavy atom. The number of halogens is 2. The molecule has 0 unspecified atom stereocenters. The van der Waals surface area contributed by atoms with Crippen LogP contribution in [-0.4, -0.2) is 18.7 Å². The van der Waals surface area contributed by atoms with Crippen molar-refractivity contribution >= 4 is 35.0 Å². The third-order valence-electron chi connectivity index (χ3n) is 2.18. The lowest BCUT2D eigenvalue weighted by molar-refractivity contribution is 0.150. The third kappa shape index (κ3) is 2.03. The Balaban J connectivity index is 2.30. The molecule has 5 heteroatoms. The van der Waals surface area contributed by atoms with Crippen LogP contribution in [0.1, 0.15) is 6.92 Å². The van der Waals surface area contributed by atoms with E-state index in [0.29, 0.717) is 22.3 Å². The molecule has 15 heavy (non-hydrogen) atoms. The van der Waals surface area contributed by atoms with E-state index in [1.807, 2.05) is 6.92 Å². The highest BCUT2D eigenvalue weighted by Gasteiger charge is 2.29. The lowest BCUT2D eigenvalue weighted by Crippen LogP contribution is -2.23. The Morgan fingerprint density at radius 3 is 2.67 bits per heavy atom. The second kappa shape index (κ2) is 3.91. The fraction of sp³-hybridized carbons (Fsp3) is 0.300. The SMILES string of the molecule is C[C@H]1CN(c2ccc(Cl)c(Cl)c2)C(=O)O1. The molecule has 2 rings (SSSR count). The summed E-state index contributed by atoms with van der Waals surface area (Å²) in [6.07, 6.45) is -0.437. The molecule has 1 aliphatic heterocycles. The lowest BCUT2D eigenvalue weighted by atomic mass is 10.3. The Bertz CT molecular complexity index is 408. The van der Waals surface area contributed by atoms with Crippen molar-refractivity contribution in [2.75, 3.05) is 11.4 Å². The number of cyclic esters (lactones) is 1. The molecule has 0 N–H and O–H groups in total. The van der Waals surface area contributed by atoms with Gasteiger partial charge in [-0.25, -0.2) is 4.79 Å². The molecular weight excluding hydrogens is 237 g/mol. The van der Waals surface area contributed by atoms with E-state index in [0.717, 1.165) is 0 Å². The molecule has 1 atom stereocenters. The van der Waals surface area contributed by atoms with E-state index in [4.69, 9.17) is 27.9 Å². The van der Waals surface area contributed by atoms with Gasteiger partial charge in [-0.05, 0) is 25.1 Å². The maximum atomic E-state index is 11.4. The molecule has 80 valence electrons. The largest absolute Gasteiger partial charge is 0.444 e. The number of amides is 1. The van der Waals surface area contributed by atoms with Crippen molar-refractivity contribution in [2.45, 2.75) is 13.0 Å². The normalized spacial score (nSPS) is 20.6. The van der Waals surface area contributed by atoms with E-state index in [1.165, 1.54) is 4.90 Å². The van der Waals surface area contributed by atoms with Gasteiger partial charge in [-0.1, -0.05) is 23.2 Å². The molecule has 1 aromatic carbocycles. The molecule has 0 aliphatic carbocycles. The Kier molecular flexibility index (Phi) is 2.76. The van der Waals surface area contributed by atoms with Crippen molar-refractivity contribution in [3.05, 3.63) is 28.2 Å². The first kappa shape index (κ1) is 10.6. The van der Waals surface area contributed by atoms with Crippen LogP contribution in [-0.2, 0) is 4.74 Å². The summed E-state index contributed by atoms with van der Waals surface area (Å²) in [6.45, 7) is 2.38. The zero-order valence-corrected chi connectivity index (χ0v) is 9.55. The van der Waals surface area contributed by atoms with Gasteiger partial charge in [0.05, 0.1) is 16.6 Å². The van der Waals surface area contributed by atoms with E-state index in [9.17, 15) is 4.79 Å². The van der Waals surface area contributed by atoms with Crippen LogP contribution in [0.15, 0.2) is 18.2 Å². The summed E-state index contributed by atoms with van der Waals surface area (Å²) in [5, 5.41) is 0.905.